The van der Waals surface area contributed by atoms with E-state index in [1.54, 1.807) is 0 Å². The maximum Gasteiger partial charge on any atom is 0.304 e. The van der Waals surface area contributed by atoms with Gasteiger partial charge in [-0.25, -0.2) is 0 Å². The topological polar surface area (TPSA) is 56.9 Å². The van der Waals surface area contributed by atoms with Gasteiger partial charge in [-0.15, -0.1) is 0 Å². The summed E-state index contributed by atoms with van der Waals surface area (Å²) in [5.41, 5.74) is 1.03. The SMILES string of the molecule is CNC(C)(C)CNCc1csc(=O)[nH]1. The van der Waals surface area contributed by atoms with Crippen molar-refractivity contribution in [1.29, 1.82) is 0 Å². The Balaban J connectivity index is 2.32. The van der Waals surface area contributed by atoms with Crippen LogP contribution in [0.5, 0.6) is 0 Å². The van der Waals surface area contributed by atoms with Crippen molar-refractivity contribution in [2.24, 2.45) is 0 Å². The van der Waals surface area contributed by atoms with Crippen LogP contribution in [0.25, 0.3) is 0 Å². The quantitative estimate of drug-likeness (QED) is 0.671. The summed E-state index contributed by atoms with van der Waals surface area (Å²) in [5, 5.41) is 8.33. The third-order valence-corrected chi connectivity index (χ3v) is 2.85. The average Bonchev–Trinajstić information content (AvgIpc) is 2.51. The van der Waals surface area contributed by atoms with Gasteiger partial charge in [0.15, 0.2) is 0 Å². The second-order valence-electron chi connectivity index (χ2n) is 3.91. The Kier molecular flexibility index (Phi) is 3.86. The lowest BCUT2D eigenvalue weighted by Gasteiger charge is -2.24. The molecule has 1 rings (SSSR count). The molecule has 5 heteroatoms. The third kappa shape index (κ3) is 3.61. The average molecular weight is 215 g/mol. The van der Waals surface area contributed by atoms with Gasteiger partial charge in [-0.2, -0.15) is 0 Å². The third-order valence-electron chi connectivity index (χ3n) is 2.13. The summed E-state index contributed by atoms with van der Waals surface area (Å²) in [7, 11) is 1.94. The lowest BCUT2D eigenvalue weighted by atomic mass is 10.1. The smallest absolute Gasteiger partial charge is 0.304 e. The Hall–Kier alpha value is -0.650. The number of aromatic nitrogens is 1. The highest BCUT2D eigenvalue weighted by Crippen LogP contribution is 1.99. The molecule has 1 aromatic heterocycles. The van der Waals surface area contributed by atoms with Crippen LogP contribution in [0.4, 0.5) is 0 Å². The number of rotatable bonds is 5. The molecule has 0 saturated carbocycles. The summed E-state index contributed by atoms with van der Waals surface area (Å²) in [4.78, 5) is 13.6. The van der Waals surface area contributed by atoms with Gasteiger partial charge in [-0.1, -0.05) is 11.3 Å². The second-order valence-corrected chi connectivity index (χ2v) is 4.75. The number of aromatic amines is 1. The van der Waals surface area contributed by atoms with Gasteiger partial charge in [-0.05, 0) is 20.9 Å². The van der Waals surface area contributed by atoms with Gasteiger partial charge >= 0.3 is 4.87 Å². The van der Waals surface area contributed by atoms with Crippen molar-refractivity contribution >= 4 is 11.3 Å². The zero-order valence-electron chi connectivity index (χ0n) is 8.81. The van der Waals surface area contributed by atoms with Crippen LogP contribution in [-0.4, -0.2) is 24.1 Å². The molecular weight excluding hydrogens is 198 g/mol. The molecule has 0 aliphatic rings. The van der Waals surface area contributed by atoms with E-state index in [2.05, 4.69) is 29.5 Å². The van der Waals surface area contributed by atoms with Crippen LogP contribution >= 0.6 is 11.3 Å². The number of hydrogen-bond acceptors (Lipinski definition) is 4. The van der Waals surface area contributed by atoms with E-state index in [0.717, 1.165) is 12.2 Å². The molecule has 0 atom stereocenters. The molecule has 0 aliphatic heterocycles. The normalized spacial score (nSPS) is 11.9. The first kappa shape index (κ1) is 11.4. The predicted octanol–water partition coefficient (Wildman–Crippen LogP) is 0.524. The zero-order valence-corrected chi connectivity index (χ0v) is 9.62. The minimum atomic E-state index is 0.00896. The molecular formula is C9H17N3OS. The highest BCUT2D eigenvalue weighted by molar-refractivity contribution is 7.07. The largest absolute Gasteiger partial charge is 0.315 e. The van der Waals surface area contributed by atoms with Crippen molar-refractivity contribution in [2.45, 2.75) is 25.9 Å². The second kappa shape index (κ2) is 4.72. The van der Waals surface area contributed by atoms with Gasteiger partial charge < -0.3 is 15.6 Å². The van der Waals surface area contributed by atoms with Crippen LogP contribution < -0.4 is 15.5 Å². The molecule has 4 nitrogen and oxygen atoms in total. The fourth-order valence-corrected chi connectivity index (χ4v) is 1.58. The molecule has 0 radical (unpaired) electrons. The van der Waals surface area contributed by atoms with Crippen molar-refractivity contribution < 1.29 is 0 Å². The van der Waals surface area contributed by atoms with Crippen LogP contribution in [0.15, 0.2) is 10.2 Å². The first-order valence-corrected chi connectivity index (χ1v) is 5.48. The summed E-state index contributed by atoms with van der Waals surface area (Å²) in [6, 6.07) is 0. The molecule has 0 unspecified atom stereocenters. The zero-order chi connectivity index (χ0) is 10.6. The lowest BCUT2D eigenvalue weighted by molar-refractivity contribution is 0.392. The van der Waals surface area contributed by atoms with Crippen LogP contribution in [0.2, 0.25) is 0 Å². The van der Waals surface area contributed by atoms with E-state index < -0.39 is 0 Å². The van der Waals surface area contributed by atoms with Gasteiger partial charge in [0.1, 0.15) is 0 Å². The predicted molar refractivity (Wildman–Crippen MR) is 59.8 cm³/mol. The fourth-order valence-electron chi connectivity index (χ4n) is 0.999. The van der Waals surface area contributed by atoms with Crippen molar-refractivity contribution in [3.63, 3.8) is 0 Å². The van der Waals surface area contributed by atoms with E-state index in [1.165, 1.54) is 11.3 Å². The molecule has 0 spiro atoms. The summed E-state index contributed by atoms with van der Waals surface area (Å²) >= 11 is 1.20. The number of nitrogens with one attached hydrogen (secondary N) is 3. The first-order chi connectivity index (χ1) is 6.53. The van der Waals surface area contributed by atoms with Gasteiger partial charge in [0, 0.05) is 29.7 Å². The Bertz CT molecular complexity index is 329. The summed E-state index contributed by atoms with van der Waals surface area (Å²) in [6.45, 7) is 5.82. The molecule has 0 amide bonds. The monoisotopic (exact) mass is 215 g/mol. The van der Waals surface area contributed by atoms with E-state index in [-0.39, 0.29) is 10.4 Å². The van der Waals surface area contributed by atoms with Crippen LogP contribution in [0, 0.1) is 0 Å². The van der Waals surface area contributed by atoms with Crippen LogP contribution in [0.1, 0.15) is 19.5 Å². The van der Waals surface area contributed by atoms with Crippen molar-refractivity contribution in [2.75, 3.05) is 13.6 Å². The summed E-state index contributed by atoms with van der Waals surface area (Å²) in [5.74, 6) is 0. The Morgan fingerprint density at radius 2 is 2.29 bits per heavy atom. The molecule has 0 aliphatic carbocycles. The van der Waals surface area contributed by atoms with Gasteiger partial charge in [-0.3, -0.25) is 4.79 Å². The van der Waals surface area contributed by atoms with Crippen LogP contribution in [0.3, 0.4) is 0 Å². The number of H-pyrrole nitrogens is 1. The summed E-state index contributed by atoms with van der Waals surface area (Å²) < 4.78 is 0. The van der Waals surface area contributed by atoms with Gasteiger partial charge in [0.05, 0.1) is 0 Å². The molecule has 1 heterocycles. The van der Waals surface area contributed by atoms with E-state index in [0.29, 0.717) is 6.54 Å². The molecule has 14 heavy (non-hydrogen) atoms. The van der Waals surface area contributed by atoms with Crippen molar-refractivity contribution in [3.8, 4) is 0 Å². The minimum absolute atomic E-state index is 0.00896. The highest BCUT2D eigenvalue weighted by atomic mass is 32.1. The van der Waals surface area contributed by atoms with Crippen LogP contribution in [-0.2, 0) is 6.54 Å². The molecule has 80 valence electrons. The maximum absolute atomic E-state index is 10.8. The standard InChI is InChI=1S/C9H17N3OS/c1-9(2,10-3)6-11-4-7-5-14-8(13)12-7/h5,10-11H,4,6H2,1-3H3,(H,12,13). The maximum atomic E-state index is 10.8. The number of hydrogen-bond donors (Lipinski definition) is 3. The van der Waals surface area contributed by atoms with Gasteiger partial charge in [0.2, 0.25) is 0 Å². The Morgan fingerprint density at radius 3 is 2.79 bits per heavy atom. The Morgan fingerprint density at radius 1 is 1.57 bits per heavy atom. The van der Waals surface area contributed by atoms with E-state index in [4.69, 9.17) is 0 Å². The summed E-state index contributed by atoms with van der Waals surface area (Å²) in [6.07, 6.45) is 0. The van der Waals surface area contributed by atoms with E-state index >= 15 is 0 Å². The van der Waals surface area contributed by atoms with E-state index in [1.807, 2.05) is 12.4 Å². The first-order valence-electron chi connectivity index (χ1n) is 4.60. The number of likely N-dealkylation sites (N-methyl/N-ethyl adjacent to an activating group) is 1. The molecule has 3 N–H and O–H groups in total. The Labute approximate surface area is 87.7 Å². The minimum Gasteiger partial charge on any atom is -0.315 e. The number of thiazole rings is 1. The molecule has 0 saturated heterocycles. The molecule has 0 fully saturated rings. The fraction of sp³-hybridized carbons (Fsp3) is 0.667. The van der Waals surface area contributed by atoms with Gasteiger partial charge in [0.25, 0.3) is 0 Å². The molecule has 0 aromatic carbocycles. The molecule has 0 bridgehead atoms. The van der Waals surface area contributed by atoms with Crippen molar-refractivity contribution in [3.05, 3.63) is 20.7 Å². The lowest BCUT2D eigenvalue weighted by Crippen LogP contribution is -2.45. The van der Waals surface area contributed by atoms with Crippen molar-refractivity contribution in [1.82, 2.24) is 15.6 Å². The highest BCUT2D eigenvalue weighted by Gasteiger charge is 2.13. The van der Waals surface area contributed by atoms with E-state index in [9.17, 15) is 4.79 Å². The molecule has 1 aromatic rings.